The highest BCUT2D eigenvalue weighted by atomic mass is 79.9. The van der Waals surface area contributed by atoms with Crippen molar-refractivity contribution in [2.75, 3.05) is 10.3 Å². The molecule has 1 unspecified atom stereocenters. The van der Waals surface area contributed by atoms with Gasteiger partial charge in [0, 0.05) is 5.33 Å². The SMILES string of the molecule is O=C(/C=N/N(c1ccccc1)c1ccccc1)OC(CBr)c1ccccc1. The average molecular weight is 423 g/mol. The number of para-hydroxylation sites is 2. The molecular weight excluding hydrogens is 404 g/mol. The van der Waals surface area contributed by atoms with Gasteiger partial charge in [0.05, 0.1) is 11.4 Å². The lowest BCUT2D eigenvalue weighted by Gasteiger charge is -2.19. The van der Waals surface area contributed by atoms with Crippen LogP contribution in [0.4, 0.5) is 11.4 Å². The Hall–Kier alpha value is -2.92. The second-order valence-corrected chi connectivity index (χ2v) is 6.37. The number of benzene rings is 3. The summed E-state index contributed by atoms with van der Waals surface area (Å²) in [5.74, 6) is -0.500. The smallest absolute Gasteiger partial charge is 0.351 e. The Kier molecular flexibility index (Phi) is 6.77. The van der Waals surface area contributed by atoms with Gasteiger partial charge in [-0.15, -0.1) is 0 Å². The van der Waals surface area contributed by atoms with Gasteiger partial charge in [0.1, 0.15) is 12.3 Å². The lowest BCUT2D eigenvalue weighted by atomic mass is 10.1. The molecule has 4 nitrogen and oxygen atoms in total. The van der Waals surface area contributed by atoms with Crippen molar-refractivity contribution in [3.05, 3.63) is 96.6 Å². The first kappa shape index (κ1) is 18.9. The summed E-state index contributed by atoms with van der Waals surface area (Å²) in [7, 11) is 0. The number of esters is 1. The Balaban J connectivity index is 1.77. The summed E-state index contributed by atoms with van der Waals surface area (Å²) < 4.78 is 5.55. The normalized spacial score (nSPS) is 11.9. The lowest BCUT2D eigenvalue weighted by Crippen LogP contribution is -2.16. The van der Waals surface area contributed by atoms with Gasteiger partial charge in [-0.25, -0.2) is 9.80 Å². The third-order valence-corrected chi connectivity index (χ3v) is 4.44. The summed E-state index contributed by atoms with van der Waals surface area (Å²) in [6, 6.07) is 28.9. The first-order chi connectivity index (χ1) is 13.3. The number of halogens is 1. The van der Waals surface area contributed by atoms with E-state index in [1.807, 2.05) is 91.0 Å². The number of rotatable bonds is 7. The van der Waals surface area contributed by atoms with Crippen molar-refractivity contribution in [2.45, 2.75) is 6.10 Å². The quantitative estimate of drug-likeness (QED) is 0.218. The van der Waals surface area contributed by atoms with E-state index in [-0.39, 0.29) is 6.10 Å². The third kappa shape index (κ3) is 5.28. The van der Waals surface area contributed by atoms with Crippen LogP contribution in [0.3, 0.4) is 0 Å². The largest absolute Gasteiger partial charge is 0.452 e. The zero-order valence-corrected chi connectivity index (χ0v) is 16.2. The number of ether oxygens (including phenoxy) is 1. The Morgan fingerprint density at radius 3 is 1.85 bits per heavy atom. The highest BCUT2D eigenvalue weighted by Crippen LogP contribution is 2.25. The fourth-order valence-corrected chi connectivity index (χ4v) is 3.06. The van der Waals surface area contributed by atoms with E-state index in [1.165, 1.54) is 6.21 Å². The molecule has 0 amide bonds. The molecule has 136 valence electrons. The van der Waals surface area contributed by atoms with Crippen LogP contribution in [0.25, 0.3) is 0 Å². The highest BCUT2D eigenvalue weighted by Gasteiger charge is 2.15. The molecule has 0 N–H and O–H groups in total. The fourth-order valence-electron chi connectivity index (χ4n) is 2.55. The van der Waals surface area contributed by atoms with Crippen LogP contribution in [-0.2, 0) is 9.53 Å². The third-order valence-electron chi connectivity index (χ3n) is 3.85. The topological polar surface area (TPSA) is 41.9 Å². The summed E-state index contributed by atoms with van der Waals surface area (Å²) in [6.45, 7) is 0. The van der Waals surface area contributed by atoms with Crippen molar-refractivity contribution in [3.63, 3.8) is 0 Å². The second-order valence-electron chi connectivity index (χ2n) is 5.72. The second kappa shape index (κ2) is 9.69. The predicted octanol–water partition coefficient (Wildman–Crippen LogP) is 5.49. The molecule has 27 heavy (non-hydrogen) atoms. The Morgan fingerprint density at radius 2 is 1.37 bits per heavy atom. The molecule has 0 aliphatic rings. The number of hydrazone groups is 1. The number of hydrogen-bond acceptors (Lipinski definition) is 4. The minimum absolute atomic E-state index is 0.368. The maximum absolute atomic E-state index is 12.3. The molecule has 0 aliphatic heterocycles. The predicted molar refractivity (Wildman–Crippen MR) is 113 cm³/mol. The van der Waals surface area contributed by atoms with E-state index in [9.17, 15) is 4.79 Å². The first-order valence-corrected chi connectivity index (χ1v) is 9.66. The summed E-state index contributed by atoms with van der Waals surface area (Å²) in [6.07, 6.45) is 0.838. The van der Waals surface area contributed by atoms with Gasteiger partial charge in [-0.3, -0.25) is 0 Å². The molecule has 0 aromatic heterocycles. The summed E-state index contributed by atoms with van der Waals surface area (Å²) >= 11 is 3.40. The van der Waals surface area contributed by atoms with Gasteiger partial charge in [0.25, 0.3) is 0 Å². The van der Waals surface area contributed by atoms with Crippen LogP contribution in [0.2, 0.25) is 0 Å². The Morgan fingerprint density at radius 1 is 0.889 bits per heavy atom. The zero-order chi connectivity index (χ0) is 18.9. The van der Waals surface area contributed by atoms with E-state index in [1.54, 1.807) is 5.01 Å². The molecule has 3 rings (SSSR count). The summed E-state index contributed by atoms with van der Waals surface area (Å²) in [5, 5.41) is 6.58. The van der Waals surface area contributed by atoms with Crippen LogP contribution in [0, 0.1) is 0 Å². The van der Waals surface area contributed by atoms with Gasteiger partial charge in [0.15, 0.2) is 0 Å². The van der Waals surface area contributed by atoms with Gasteiger partial charge in [-0.2, -0.15) is 5.10 Å². The van der Waals surface area contributed by atoms with Crippen LogP contribution in [0.15, 0.2) is 96.1 Å². The lowest BCUT2D eigenvalue weighted by molar-refractivity contribution is -0.139. The van der Waals surface area contributed by atoms with Crippen molar-refractivity contribution in [2.24, 2.45) is 5.10 Å². The molecule has 0 spiro atoms. The summed E-state index contributed by atoms with van der Waals surface area (Å²) in [4.78, 5) is 12.3. The average Bonchev–Trinajstić information content (AvgIpc) is 2.74. The van der Waals surface area contributed by atoms with Crippen molar-refractivity contribution in [3.8, 4) is 0 Å². The molecule has 0 saturated carbocycles. The van der Waals surface area contributed by atoms with E-state index in [0.29, 0.717) is 5.33 Å². The molecule has 3 aromatic rings. The molecule has 1 atom stereocenters. The van der Waals surface area contributed by atoms with E-state index in [4.69, 9.17) is 4.74 Å². The van der Waals surface area contributed by atoms with Crippen LogP contribution in [0.1, 0.15) is 11.7 Å². The molecule has 5 heteroatoms. The molecule has 0 radical (unpaired) electrons. The summed E-state index contributed by atoms with van der Waals surface area (Å²) in [5.41, 5.74) is 2.64. The molecule has 0 fully saturated rings. The van der Waals surface area contributed by atoms with E-state index < -0.39 is 5.97 Å². The van der Waals surface area contributed by atoms with Gasteiger partial charge in [0.2, 0.25) is 0 Å². The monoisotopic (exact) mass is 422 g/mol. The zero-order valence-electron chi connectivity index (χ0n) is 14.6. The minimum atomic E-state index is -0.500. The molecule has 3 aromatic carbocycles. The van der Waals surface area contributed by atoms with Crippen LogP contribution < -0.4 is 5.01 Å². The van der Waals surface area contributed by atoms with Crippen LogP contribution in [0.5, 0.6) is 0 Å². The Labute approximate surface area is 167 Å². The number of carbonyl (C=O) groups excluding carboxylic acids is 1. The van der Waals surface area contributed by atoms with Gasteiger partial charge >= 0.3 is 5.97 Å². The van der Waals surface area contributed by atoms with Crippen molar-refractivity contribution >= 4 is 39.5 Å². The van der Waals surface area contributed by atoms with E-state index in [2.05, 4.69) is 21.0 Å². The molecule has 0 bridgehead atoms. The van der Waals surface area contributed by atoms with Gasteiger partial charge in [-0.05, 0) is 29.8 Å². The molecule has 0 saturated heterocycles. The number of anilines is 2. The molecular formula is C22H19BrN2O2. The standard InChI is InChI=1S/C22H19BrN2O2/c23-16-21(18-10-4-1-5-11-18)27-22(26)17-24-25(19-12-6-2-7-13-19)20-14-8-3-9-15-20/h1-15,17,21H,16H2/b24-17+. The molecule has 0 heterocycles. The number of nitrogens with zero attached hydrogens (tertiary/aromatic N) is 2. The number of carbonyl (C=O) groups is 1. The van der Waals surface area contributed by atoms with E-state index >= 15 is 0 Å². The van der Waals surface area contributed by atoms with E-state index in [0.717, 1.165) is 16.9 Å². The maximum Gasteiger partial charge on any atom is 0.351 e. The van der Waals surface area contributed by atoms with Crippen molar-refractivity contribution in [1.29, 1.82) is 0 Å². The Bertz CT molecular complexity index is 831. The maximum atomic E-state index is 12.3. The van der Waals surface area contributed by atoms with Gasteiger partial charge < -0.3 is 4.74 Å². The highest BCUT2D eigenvalue weighted by molar-refractivity contribution is 9.09. The van der Waals surface area contributed by atoms with Crippen LogP contribution in [-0.4, -0.2) is 17.5 Å². The van der Waals surface area contributed by atoms with Gasteiger partial charge in [-0.1, -0.05) is 82.7 Å². The van der Waals surface area contributed by atoms with Crippen LogP contribution >= 0.6 is 15.9 Å². The number of hydrogen-bond donors (Lipinski definition) is 0. The first-order valence-electron chi connectivity index (χ1n) is 8.53. The molecule has 0 aliphatic carbocycles. The van der Waals surface area contributed by atoms with Crippen molar-refractivity contribution < 1.29 is 9.53 Å². The minimum Gasteiger partial charge on any atom is -0.452 e. The fraction of sp³-hybridized carbons (Fsp3) is 0.0909. The number of alkyl halides is 1. The van der Waals surface area contributed by atoms with Crippen molar-refractivity contribution in [1.82, 2.24) is 0 Å².